The normalized spacial score (nSPS) is 26.8. The zero-order chi connectivity index (χ0) is 11.8. The van der Waals surface area contributed by atoms with E-state index >= 15 is 0 Å². The standard InChI is InChI=1S/C13H20O3/c1-3-12(15-2)5-4-10-16-13-8-6-11(14)7-9-13/h3-5,10-11,13-14H,1,6-9H2,2H3/b10-4+,12-5+. The maximum atomic E-state index is 9.32. The van der Waals surface area contributed by atoms with Crippen LogP contribution in [0, 0.1) is 0 Å². The van der Waals surface area contributed by atoms with Crippen LogP contribution in [0.4, 0.5) is 0 Å². The lowest BCUT2D eigenvalue weighted by Gasteiger charge is -2.24. The van der Waals surface area contributed by atoms with Crippen molar-refractivity contribution < 1.29 is 14.6 Å². The molecule has 1 fully saturated rings. The Bertz CT molecular complexity index is 260. The lowest BCUT2D eigenvalue weighted by molar-refractivity contribution is 0.0440. The molecular formula is C13H20O3. The van der Waals surface area contributed by atoms with E-state index in [1.165, 1.54) is 0 Å². The molecule has 1 rings (SSSR count). The fraction of sp³-hybridized carbons (Fsp3) is 0.538. The van der Waals surface area contributed by atoms with Crippen LogP contribution in [-0.2, 0) is 9.47 Å². The zero-order valence-electron chi connectivity index (χ0n) is 9.76. The molecule has 0 aliphatic heterocycles. The lowest BCUT2D eigenvalue weighted by atomic mass is 9.95. The van der Waals surface area contributed by atoms with Crippen molar-refractivity contribution in [3.8, 4) is 0 Å². The van der Waals surface area contributed by atoms with Crippen molar-refractivity contribution in [2.75, 3.05) is 7.11 Å². The minimum absolute atomic E-state index is 0.135. The first-order valence-corrected chi connectivity index (χ1v) is 5.63. The smallest absolute Gasteiger partial charge is 0.118 e. The van der Waals surface area contributed by atoms with Gasteiger partial charge < -0.3 is 14.6 Å². The van der Waals surface area contributed by atoms with Gasteiger partial charge in [-0.2, -0.15) is 0 Å². The van der Waals surface area contributed by atoms with Crippen LogP contribution in [0.5, 0.6) is 0 Å². The molecular weight excluding hydrogens is 204 g/mol. The Morgan fingerprint density at radius 3 is 2.56 bits per heavy atom. The SMILES string of the molecule is C=C/C(=C\C=C\OC1CCC(O)CC1)OC. The van der Waals surface area contributed by atoms with E-state index < -0.39 is 0 Å². The summed E-state index contributed by atoms with van der Waals surface area (Å²) in [6.07, 6.45) is 10.5. The molecule has 0 aromatic carbocycles. The van der Waals surface area contributed by atoms with Gasteiger partial charge in [-0.1, -0.05) is 6.58 Å². The van der Waals surface area contributed by atoms with Gasteiger partial charge in [0, 0.05) is 0 Å². The van der Waals surface area contributed by atoms with Crippen LogP contribution in [0.15, 0.2) is 36.8 Å². The number of hydrogen-bond acceptors (Lipinski definition) is 3. The van der Waals surface area contributed by atoms with Crippen molar-refractivity contribution in [2.24, 2.45) is 0 Å². The van der Waals surface area contributed by atoms with Crippen LogP contribution in [0.1, 0.15) is 25.7 Å². The second-order valence-electron chi connectivity index (χ2n) is 3.87. The fourth-order valence-corrected chi connectivity index (χ4v) is 1.69. The second-order valence-corrected chi connectivity index (χ2v) is 3.87. The first-order chi connectivity index (χ1) is 7.76. The summed E-state index contributed by atoms with van der Waals surface area (Å²) in [4.78, 5) is 0. The van der Waals surface area contributed by atoms with Gasteiger partial charge in [0.05, 0.1) is 25.6 Å². The third-order valence-corrected chi connectivity index (χ3v) is 2.69. The largest absolute Gasteiger partial charge is 0.498 e. The van der Waals surface area contributed by atoms with Crippen molar-refractivity contribution in [1.29, 1.82) is 0 Å². The predicted molar refractivity (Wildman–Crippen MR) is 63.8 cm³/mol. The molecule has 0 spiro atoms. The molecule has 0 heterocycles. The molecule has 3 nitrogen and oxygen atoms in total. The molecule has 0 aromatic heterocycles. The van der Waals surface area contributed by atoms with Gasteiger partial charge in [-0.15, -0.1) is 0 Å². The number of methoxy groups -OCH3 is 1. The van der Waals surface area contributed by atoms with Crippen molar-refractivity contribution in [3.05, 3.63) is 36.8 Å². The van der Waals surface area contributed by atoms with Crippen molar-refractivity contribution in [3.63, 3.8) is 0 Å². The van der Waals surface area contributed by atoms with E-state index in [0.717, 1.165) is 25.7 Å². The van der Waals surface area contributed by atoms with Crippen LogP contribution in [-0.4, -0.2) is 24.4 Å². The van der Waals surface area contributed by atoms with E-state index in [4.69, 9.17) is 9.47 Å². The van der Waals surface area contributed by atoms with Gasteiger partial charge in [0.2, 0.25) is 0 Å². The monoisotopic (exact) mass is 224 g/mol. The average Bonchev–Trinajstić information content (AvgIpc) is 2.32. The summed E-state index contributed by atoms with van der Waals surface area (Å²) in [5.74, 6) is 0.707. The Morgan fingerprint density at radius 2 is 2.00 bits per heavy atom. The summed E-state index contributed by atoms with van der Waals surface area (Å²) in [5, 5.41) is 9.32. The maximum Gasteiger partial charge on any atom is 0.118 e. The first kappa shape index (κ1) is 12.8. The minimum Gasteiger partial charge on any atom is -0.498 e. The van der Waals surface area contributed by atoms with E-state index in [1.807, 2.05) is 0 Å². The Morgan fingerprint density at radius 1 is 1.31 bits per heavy atom. The molecule has 1 N–H and O–H groups in total. The molecule has 0 saturated heterocycles. The van der Waals surface area contributed by atoms with Crippen LogP contribution < -0.4 is 0 Å². The van der Waals surface area contributed by atoms with Crippen LogP contribution in [0.25, 0.3) is 0 Å². The number of ether oxygens (including phenoxy) is 2. The van der Waals surface area contributed by atoms with Gasteiger partial charge in [0.1, 0.15) is 5.76 Å². The highest BCUT2D eigenvalue weighted by molar-refractivity contribution is 5.15. The van der Waals surface area contributed by atoms with Crippen LogP contribution in [0.3, 0.4) is 0 Å². The number of allylic oxidation sites excluding steroid dienone is 3. The molecule has 0 aromatic rings. The average molecular weight is 224 g/mol. The van der Waals surface area contributed by atoms with Crippen molar-refractivity contribution in [2.45, 2.75) is 37.9 Å². The molecule has 0 radical (unpaired) electrons. The highest BCUT2D eigenvalue weighted by Gasteiger charge is 2.19. The van der Waals surface area contributed by atoms with E-state index in [2.05, 4.69) is 6.58 Å². The molecule has 1 saturated carbocycles. The second kappa shape index (κ2) is 7.12. The number of rotatable bonds is 5. The number of aliphatic hydroxyl groups is 1. The molecule has 1 aliphatic carbocycles. The summed E-state index contributed by atoms with van der Waals surface area (Å²) < 4.78 is 10.6. The van der Waals surface area contributed by atoms with E-state index in [1.54, 1.807) is 31.6 Å². The summed E-state index contributed by atoms with van der Waals surface area (Å²) >= 11 is 0. The molecule has 0 unspecified atom stereocenters. The molecule has 0 atom stereocenters. The van der Waals surface area contributed by atoms with Crippen molar-refractivity contribution >= 4 is 0 Å². The first-order valence-electron chi connectivity index (χ1n) is 5.63. The highest BCUT2D eigenvalue weighted by atomic mass is 16.5. The van der Waals surface area contributed by atoms with Crippen LogP contribution >= 0.6 is 0 Å². The van der Waals surface area contributed by atoms with Crippen molar-refractivity contribution in [1.82, 2.24) is 0 Å². The molecule has 90 valence electrons. The van der Waals surface area contributed by atoms with Gasteiger partial charge in [-0.05, 0) is 43.9 Å². The van der Waals surface area contributed by atoms with Gasteiger partial charge in [0.15, 0.2) is 0 Å². The summed E-state index contributed by atoms with van der Waals surface area (Å²) in [7, 11) is 1.60. The zero-order valence-corrected chi connectivity index (χ0v) is 9.76. The third kappa shape index (κ3) is 4.53. The molecule has 3 heteroatoms. The van der Waals surface area contributed by atoms with Gasteiger partial charge in [-0.25, -0.2) is 0 Å². The van der Waals surface area contributed by atoms with Gasteiger partial charge in [-0.3, -0.25) is 0 Å². The molecule has 0 amide bonds. The molecule has 1 aliphatic rings. The third-order valence-electron chi connectivity index (χ3n) is 2.69. The van der Waals surface area contributed by atoms with Crippen LogP contribution in [0.2, 0.25) is 0 Å². The van der Waals surface area contributed by atoms with Gasteiger partial charge in [0.25, 0.3) is 0 Å². The number of aliphatic hydroxyl groups excluding tert-OH is 1. The van der Waals surface area contributed by atoms with E-state index in [0.29, 0.717) is 5.76 Å². The summed E-state index contributed by atoms with van der Waals surface area (Å²) in [5.41, 5.74) is 0. The van der Waals surface area contributed by atoms with E-state index in [-0.39, 0.29) is 12.2 Å². The molecule has 0 bridgehead atoms. The molecule has 16 heavy (non-hydrogen) atoms. The Balaban J connectivity index is 2.26. The quantitative estimate of drug-likeness (QED) is 0.576. The summed E-state index contributed by atoms with van der Waals surface area (Å²) in [6, 6.07) is 0. The van der Waals surface area contributed by atoms with E-state index in [9.17, 15) is 5.11 Å². The Kier molecular flexibility index (Phi) is 5.72. The lowest BCUT2D eigenvalue weighted by Crippen LogP contribution is -2.22. The summed E-state index contributed by atoms with van der Waals surface area (Å²) in [6.45, 7) is 3.61. The van der Waals surface area contributed by atoms with Gasteiger partial charge >= 0.3 is 0 Å². The maximum absolute atomic E-state index is 9.32. The minimum atomic E-state index is -0.135. The fourth-order valence-electron chi connectivity index (χ4n) is 1.69. The highest BCUT2D eigenvalue weighted by Crippen LogP contribution is 2.21. The topological polar surface area (TPSA) is 38.7 Å². The number of hydrogen-bond donors (Lipinski definition) is 1. The Labute approximate surface area is 97.1 Å². The Hall–Kier alpha value is -1.22. The predicted octanol–water partition coefficient (Wildman–Crippen LogP) is 2.54.